The lowest BCUT2D eigenvalue weighted by atomic mass is 10.1. The lowest BCUT2D eigenvalue weighted by molar-refractivity contribution is 0.210. The Morgan fingerprint density at radius 1 is 1.38 bits per heavy atom. The van der Waals surface area contributed by atoms with E-state index in [1.165, 1.54) is 11.3 Å². The molecule has 2 aromatic heterocycles. The Balaban J connectivity index is 1.96. The molecule has 0 bridgehead atoms. The van der Waals surface area contributed by atoms with Gasteiger partial charge in [0, 0.05) is 19.2 Å². The molecule has 0 saturated heterocycles. The molecular weight excluding hydrogens is 288 g/mol. The maximum absolute atomic E-state index is 9.46. The first-order valence-corrected chi connectivity index (χ1v) is 7.41. The van der Waals surface area contributed by atoms with Crippen LogP contribution in [0.5, 0.6) is 0 Å². The van der Waals surface area contributed by atoms with Crippen LogP contribution in [-0.4, -0.2) is 40.0 Å². The minimum atomic E-state index is -0.00745. The average molecular weight is 304 g/mol. The van der Waals surface area contributed by atoms with Crippen molar-refractivity contribution in [1.82, 2.24) is 14.6 Å². The number of aromatic nitrogens is 3. The zero-order chi connectivity index (χ0) is 14.7. The summed E-state index contributed by atoms with van der Waals surface area (Å²) in [6.07, 6.45) is 1.78. The molecule has 0 aliphatic heterocycles. The Morgan fingerprint density at radius 3 is 3.05 bits per heavy atom. The first-order valence-electron chi connectivity index (χ1n) is 6.60. The van der Waals surface area contributed by atoms with Crippen LogP contribution < -0.4 is 5.32 Å². The second-order valence-corrected chi connectivity index (χ2v) is 5.44. The Hall–Kier alpha value is -1.96. The van der Waals surface area contributed by atoms with Gasteiger partial charge in [-0.2, -0.15) is 0 Å². The zero-order valence-corrected chi connectivity index (χ0v) is 12.4. The number of methoxy groups -OCH3 is 1. The smallest absolute Gasteiger partial charge is 0.214 e. The predicted octanol–water partition coefficient (Wildman–Crippen LogP) is 2.01. The Kier molecular flexibility index (Phi) is 4.14. The summed E-state index contributed by atoms with van der Waals surface area (Å²) in [5.41, 5.74) is 2.69. The summed E-state index contributed by atoms with van der Waals surface area (Å²) in [4.78, 5) is 5.20. The van der Waals surface area contributed by atoms with E-state index in [9.17, 15) is 5.11 Å². The van der Waals surface area contributed by atoms with Gasteiger partial charge in [0.25, 0.3) is 0 Å². The van der Waals surface area contributed by atoms with Crippen molar-refractivity contribution in [3.05, 3.63) is 36.0 Å². The normalized spacial score (nSPS) is 11.1. The van der Waals surface area contributed by atoms with Gasteiger partial charge in [-0.1, -0.05) is 35.6 Å². The molecule has 0 unspecified atom stereocenters. The molecule has 110 valence electrons. The predicted molar refractivity (Wildman–Crippen MR) is 82.6 cm³/mol. The SMILES string of the molecule is COCCNc1nn2c(-c3ccccc3CO)cnc2s1. The summed E-state index contributed by atoms with van der Waals surface area (Å²) in [7, 11) is 1.67. The summed E-state index contributed by atoms with van der Waals surface area (Å²) in [6.45, 7) is 1.32. The number of hydrogen-bond donors (Lipinski definition) is 2. The van der Waals surface area contributed by atoms with Gasteiger partial charge in [0.2, 0.25) is 10.1 Å². The van der Waals surface area contributed by atoms with E-state index in [1.54, 1.807) is 17.8 Å². The highest BCUT2D eigenvalue weighted by atomic mass is 32.1. The minimum Gasteiger partial charge on any atom is -0.392 e. The van der Waals surface area contributed by atoms with E-state index in [4.69, 9.17) is 4.74 Å². The molecule has 2 N–H and O–H groups in total. The van der Waals surface area contributed by atoms with Gasteiger partial charge < -0.3 is 15.2 Å². The van der Waals surface area contributed by atoms with Gasteiger partial charge in [-0.05, 0) is 5.56 Å². The fourth-order valence-electron chi connectivity index (χ4n) is 2.12. The highest BCUT2D eigenvalue weighted by Gasteiger charge is 2.13. The Labute approximate surface area is 126 Å². The summed E-state index contributed by atoms with van der Waals surface area (Å²) >= 11 is 1.49. The maximum Gasteiger partial charge on any atom is 0.214 e. The number of imidazole rings is 1. The van der Waals surface area contributed by atoms with Crippen LogP contribution in [0.4, 0.5) is 5.13 Å². The number of nitrogens with one attached hydrogen (secondary N) is 1. The molecule has 0 radical (unpaired) electrons. The highest BCUT2D eigenvalue weighted by molar-refractivity contribution is 7.20. The number of ether oxygens (including phenoxy) is 1. The van der Waals surface area contributed by atoms with E-state index < -0.39 is 0 Å². The van der Waals surface area contributed by atoms with Gasteiger partial charge >= 0.3 is 0 Å². The summed E-state index contributed by atoms with van der Waals surface area (Å²) in [6, 6.07) is 7.72. The van der Waals surface area contributed by atoms with E-state index in [1.807, 2.05) is 24.3 Å². The van der Waals surface area contributed by atoms with Crippen molar-refractivity contribution in [1.29, 1.82) is 0 Å². The van der Waals surface area contributed by atoms with Gasteiger partial charge in [-0.25, -0.2) is 9.50 Å². The number of anilines is 1. The fourth-order valence-corrected chi connectivity index (χ4v) is 2.92. The molecular formula is C14H16N4O2S. The minimum absolute atomic E-state index is 0.00745. The summed E-state index contributed by atoms with van der Waals surface area (Å²) in [5.74, 6) is 0. The third kappa shape index (κ3) is 2.76. The molecule has 21 heavy (non-hydrogen) atoms. The number of aliphatic hydroxyl groups is 1. The first kappa shape index (κ1) is 14.0. The van der Waals surface area contributed by atoms with Gasteiger partial charge in [-0.3, -0.25) is 0 Å². The Bertz CT molecular complexity index is 737. The molecule has 0 aliphatic carbocycles. The molecule has 3 aromatic rings. The van der Waals surface area contributed by atoms with Crippen LogP contribution >= 0.6 is 11.3 Å². The molecule has 6 nitrogen and oxygen atoms in total. The van der Waals surface area contributed by atoms with Gasteiger partial charge in [0.1, 0.15) is 0 Å². The van der Waals surface area contributed by atoms with Gasteiger partial charge in [-0.15, -0.1) is 5.10 Å². The third-order valence-electron chi connectivity index (χ3n) is 3.13. The molecule has 0 spiro atoms. The monoisotopic (exact) mass is 304 g/mol. The summed E-state index contributed by atoms with van der Waals surface area (Å²) in [5, 5.41) is 18.0. The molecule has 0 aliphatic rings. The van der Waals surface area contributed by atoms with Gasteiger partial charge in [0.15, 0.2) is 0 Å². The lowest BCUT2D eigenvalue weighted by Gasteiger charge is -2.05. The molecule has 7 heteroatoms. The molecule has 0 saturated carbocycles. The van der Waals surface area contributed by atoms with Crippen LogP contribution in [0.15, 0.2) is 30.5 Å². The van der Waals surface area contributed by atoms with Crippen LogP contribution in [-0.2, 0) is 11.3 Å². The second kappa shape index (κ2) is 6.21. The van der Waals surface area contributed by atoms with Gasteiger partial charge in [0.05, 0.1) is 25.1 Å². The van der Waals surface area contributed by atoms with Crippen molar-refractivity contribution in [2.75, 3.05) is 25.6 Å². The van der Waals surface area contributed by atoms with Crippen LogP contribution in [0.3, 0.4) is 0 Å². The van der Waals surface area contributed by atoms with Crippen LogP contribution in [0.2, 0.25) is 0 Å². The van der Waals surface area contributed by atoms with E-state index in [2.05, 4.69) is 15.4 Å². The molecule has 0 amide bonds. The highest BCUT2D eigenvalue weighted by Crippen LogP contribution is 2.28. The molecule has 0 atom stereocenters. The van der Waals surface area contributed by atoms with E-state index in [-0.39, 0.29) is 6.61 Å². The van der Waals surface area contributed by atoms with Crippen LogP contribution in [0.25, 0.3) is 16.2 Å². The van der Waals surface area contributed by atoms with E-state index in [0.29, 0.717) is 13.2 Å². The number of rotatable bonds is 6. The van der Waals surface area contributed by atoms with E-state index in [0.717, 1.165) is 26.9 Å². The second-order valence-electron chi connectivity index (χ2n) is 4.48. The first-order chi connectivity index (χ1) is 10.3. The Morgan fingerprint density at radius 2 is 2.24 bits per heavy atom. The quantitative estimate of drug-likeness (QED) is 0.682. The van der Waals surface area contributed by atoms with Crippen molar-refractivity contribution >= 4 is 21.4 Å². The molecule has 2 heterocycles. The number of nitrogens with zero attached hydrogens (tertiary/aromatic N) is 3. The van der Waals surface area contributed by atoms with Crippen molar-refractivity contribution in [3.63, 3.8) is 0 Å². The van der Waals surface area contributed by atoms with Crippen LogP contribution in [0, 0.1) is 0 Å². The average Bonchev–Trinajstić information content (AvgIpc) is 3.07. The standard InChI is InChI=1S/C14H16N4O2S/c1-20-7-6-15-13-17-18-12(8-16-14(18)21-13)11-5-3-2-4-10(11)9-19/h2-5,8,19H,6-7,9H2,1H3,(H,15,17). The largest absolute Gasteiger partial charge is 0.392 e. The fraction of sp³-hybridized carbons (Fsp3) is 0.286. The zero-order valence-electron chi connectivity index (χ0n) is 11.6. The van der Waals surface area contributed by atoms with E-state index >= 15 is 0 Å². The third-order valence-corrected chi connectivity index (χ3v) is 4.01. The number of aliphatic hydroxyl groups excluding tert-OH is 1. The topological polar surface area (TPSA) is 71.7 Å². The van der Waals surface area contributed by atoms with Crippen molar-refractivity contribution in [2.45, 2.75) is 6.61 Å². The molecule has 1 aromatic carbocycles. The number of fused-ring (bicyclic) bond motifs is 1. The maximum atomic E-state index is 9.46. The van der Waals surface area contributed by atoms with Crippen LogP contribution in [0.1, 0.15) is 5.56 Å². The number of hydrogen-bond acceptors (Lipinski definition) is 6. The number of benzene rings is 1. The molecule has 0 fully saturated rings. The lowest BCUT2D eigenvalue weighted by Crippen LogP contribution is -2.07. The van der Waals surface area contributed by atoms with Crippen molar-refractivity contribution < 1.29 is 9.84 Å². The molecule has 3 rings (SSSR count). The summed E-state index contributed by atoms with van der Waals surface area (Å²) < 4.78 is 6.81. The van der Waals surface area contributed by atoms with Crippen molar-refractivity contribution in [2.24, 2.45) is 0 Å². The van der Waals surface area contributed by atoms with Crippen molar-refractivity contribution in [3.8, 4) is 11.3 Å².